The minimum atomic E-state index is -0.325. The van der Waals surface area contributed by atoms with Gasteiger partial charge < -0.3 is 9.52 Å². The summed E-state index contributed by atoms with van der Waals surface area (Å²) in [5, 5.41) is 19.5. The van der Waals surface area contributed by atoms with Gasteiger partial charge >= 0.3 is 6.01 Å². The van der Waals surface area contributed by atoms with Crippen molar-refractivity contribution < 1.29 is 14.3 Å². The van der Waals surface area contributed by atoms with Gasteiger partial charge in [-0.2, -0.15) is 0 Å². The summed E-state index contributed by atoms with van der Waals surface area (Å²) in [5.74, 6) is 0.432. The predicted octanol–water partition coefficient (Wildman–Crippen LogP) is 0.198. The van der Waals surface area contributed by atoms with Crippen LogP contribution in [0.3, 0.4) is 0 Å². The lowest BCUT2D eigenvalue weighted by Gasteiger charge is -2.12. The number of carbonyl (C=O) groups is 1. The van der Waals surface area contributed by atoms with Crippen LogP contribution in [0.4, 0.5) is 6.01 Å². The van der Waals surface area contributed by atoms with Gasteiger partial charge in [0.05, 0.1) is 12.6 Å². The van der Waals surface area contributed by atoms with Crippen LogP contribution in [0, 0.1) is 0 Å². The average Bonchev–Trinajstić information content (AvgIpc) is 2.88. The Morgan fingerprint density at radius 2 is 2.39 bits per heavy atom. The summed E-state index contributed by atoms with van der Waals surface area (Å²) in [4.78, 5) is 13.6. The van der Waals surface area contributed by atoms with E-state index in [1.54, 1.807) is 0 Å². The number of hydrogen-bond donors (Lipinski definition) is 2. The molecule has 7 heteroatoms. The van der Waals surface area contributed by atoms with Crippen LogP contribution in [0.15, 0.2) is 4.42 Å². The lowest BCUT2D eigenvalue weighted by Crippen LogP contribution is -2.32. The van der Waals surface area contributed by atoms with E-state index in [0.717, 1.165) is 6.54 Å². The van der Waals surface area contributed by atoms with E-state index in [9.17, 15) is 9.90 Å². The largest absolute Gasteiger partial charge is 0.408 e. The summed E-state index contributed by atoms with van der Waals surface area (Å²) in [6.07, 6.45) is 0.388. The Bertz CT molecular complexity index is 418. The monoisotopic (exact) mass is 254 g/mol. The van der Waals surface area contributed by atoms with Gasteiger partial charge in [0.2, 0.25) is 11.8 Å². The number of likely N-dealkylation sites (tertiary alicyclic amines) is 1. The molecule has 1 aromatic heterocycles. The number of rotatable bonds is 4. The van der Waals surface area contributed by atoms with Crippen molar-refractivity contribution in [1.82, 2.24) is 15.1 Å². The van der Waals surface area contributed by atoms with Crippen molar-refractivity contribution in [3.63, 3.8) is 0 Å². The second kappa shape index (κ2) is 5.45. The zero-order chi connectivity index (χ0) is 13.1. The number of aliphatic hydroxyl groups is 1. The summed E-state index contributed by atoms with van der Waals surface area (Å²) in [6, 6.07) is 0.128. The van der Waals surface area contributed by atoms with Crippen LogP contribution >= 0.6 is 0 Å². The second-order valence-corrected chi connectivity index (χ2v) is 4.83. The molecule has 7 nitrogen and oxygen atoms in total. The Labute approximate surface area is 105 Å². The van der Waals surface area contributed by atoms with E-state index < -0.39 is 0 Å². The topological polar surface area (TPSA) is 91.5 Å². The maximum absolute atomic E-state index is 11.7. The van der Waals surface area contributed by atoms with Gasteiger partial charge in [-0.3, -0.25) is 15.0 Å². The Morgan fingerprint density at radius 3 is 2.94 bits per heavy atom. The van der Waals surface area contributed by atoms with Gasteiger partial charge in [0, 0.05) is 19.0 Å². The predicted molar refractivity (Wildman–Crippen MR) is 64.1 cm³/mol. The lowest BCUT2D eigenvalue weighted by atomic mass is 10.2. The molecular weight excluding hydrogens is 236 g/mol. The first kappa shape index (κ1) is 13.0. The highest BCUT2D eigenvalue weighted by Gasteiger charge is 2.22. The highest BCUT2D eigenvalue weighted by atomic mass is 16.4. The van der Waals surface area contributed by atoms with Crippen molar-refractivity contribution >= 4 is 11.9 Å². The fraction of sp³-hybridized carbons (Fsp3) is 0.727. The van der Waals surface area contributed by atoms with E-state index in [1.807, 2.05) is 18.7 Å². The molecule has 1 fully saturated rings. The van der Waals surface area contributed by atoms with E-state index in [-0.39, 0.29) is 30.5 Å². The van der Waals surface area contributed by atoms with Gasteiger partial charge in [0.25, 0.3) is 0 Å². The van der Waals surface area contributed by atoms with E-state index in [2.05, 4.69) is 15.5 Å². The first-order valence-electron chi connectivity index (χ1n) is 6.08. The van der Waals surface area contributed by atoms with Crippen molar-refractivity contribution in [2.45, 2.75) is 32.3 Å². The molecule has 1 amide bonds. The smallest absolute Gasteiger partial charge is 0.322 e. The molecule has 0 bridgehead atoms. The molecule has 0 aliphatic carbocycles. The first-order valence-corrected chi connectivity index (χ1v) is 6.08. The molecule has 100 valence electrons. The molecule has 1 saturated heterocycles. The number of anilines is 1. The average molecular weight is 254 g/mol. The molecule has 2 N–H and O–H groups in total. The van der Waals surface area contributed by atoms with Crippen molar-refractivity contribution in [2.24, 2.45) is 0 Å². The van der Waals surface area contributed by atoms with E-state index >= 15 is 0 Å². The zero-order valence-corrected chi connectivity index (χ0v) is 10.6. The number of β-amino-alcohol motifs (C(OH)–C–C–N with tert-alkyl or cyclic N) is 1. The van der Waals surface area contributed by atoms with Crippen LogP contribution in [0.2, 0.25) is 0 Å². The summed E-state index contributed by atoms with van der Waals surface area (Å²) < 4.78 is 5.28. The number of nitrogens with one attached hydrogen (secondary N) is 1. The zero-order valence-electron chi connectivity index (χ0n) is 10.6. The van der Waals surface area contributed by atoms with Crippen molar-refractivity contribution in [2.75, 3.05) is 25.0 Å². The van der Waals surface area contributed by atoms with Crippen LogP contribution in [0.1, 0.15) is 32.1 Å². The maximum Gasteiger partial charge on any atom is 0.322 e. The standard InChI is InChI=1S/C11H18N4O3/c1-7(2)10-13-14-11(18-10)12-9(17)6-15-4-3-8(16)5-15/h7-8,16H,3-6H2,1-2H3,(H,12,14,17)/t8-/m1/s1. The molecule has 1 aromatic rings. The van der Waals surface area contributed by atoms with Crippen molar-refractivity contribution in [1.29, 1.82) is 0 Å². The fourth-order valence-corrected chi connectivity index (χ4v) is 1.84. The van der Waals surface area contributed by atoms with Gasteiger partial charge in [0.15, 0.2) is 0 Å². The minimum absolute atomic E-state index is 0.128. The SMILES string of the molecule is CC(C)c1nnc(NC(=O)CN2CC[C@@H](O)C2)o1. The van der Waals surface area contributed by atoms with E-state index in [0.29, 0.717) is 18.9 Å². The van der Waals surface area contributed by atoms with Crippen LogP contribution in [-0.4, -0.2) is 51.8 Å². The number of carbonyl (C=O) groups excluding carboxylic acids is 1. The third-order valence-electron chi connectivity index (χ3n) is 2.80. The second-order valence-electron chi connectivity index (χ2n) is 4.83. The number of hydrogen-bond acceptors (Lipinski definition) is 6. The third kappa shape index (κ3) is 3.27. The Hall–Kier alpha value is -1.47. The van der Waals surface area contributed by atoms with E-state index in [4.69, 9.17) is 4.42 Å². The maximum atomic E-state index is 11.7. The van der Waals surface area contributed by atoms with Gasteiger partial charge in [0.1, 0.15) is 0 Å². The van der Waals surface area contributed by atoms with Crippen LogP contribution in [0.25, 0.3) is 0 Å². The molecule has 1 aliphatic heterocycles. The quantitative estimate of drug-likeness (QED) is 0.797. The van der Waals surface area contributed by atoms with Gasteiger partial charge in [-0.05, 0) is 6.42 Å². The number of aliphatic hydroxyl groups excluding tert-OH is 1. The third-order valence-corrected chi connectivity index (χ3v) is 2.80. The van der Waals surface area contributed by atoms with Gasteiger partial charge in [-0.15, -0.1) is 5.10 Å². The highest BCUT2D eigenvalue weighted by Crippen LogP contribution is 2.15. The summed E-state index contributed by atoms with van der Waals surface area (Å²) >= 11 is 0. The molecule has 1 aliphatic rings. The fourth-order valence-electron chi connectivity index (χ4n) is 1.84. The van der Waals surface area contributed by atoms with Gasteiger partial charge in [-0.25, -0.2) is 0 Å². The molecule has 0 radical (unpaired) electrons. The molecule has 1 atom stereocenters. The number of nitrogens with zero attached hydrogens (tertiary/aromatic N) is 3. The van der Waals surface area contributed by atoms with Crippen molar-refractivity contribution in [3.8, 4) is 0 Å². The van der Waals surface area contributed by atoms with Crippen molar-refractivity contribution in [3.05, 3.63) is 5.89 Å². The normalized spacial score (nSPS) is 20.6. The summed E-state index contributed by atoms with van der Waals surface area (Å²) in [5.41, 5.74) is 0. The molecule has 0 spiro atoms. The van der Waals surface area contributed by atoms with Crippen LogP contribution in [0.5, 0.6) is 0 Å². The molecule has 18 heavy (non-hydrogen) atoms. The molecular formula is C11H18N4O3. The highest BCUT2D eigenvalue weighted by molar-refractivity contribution is 5.90. The first-order chi connectivity index (χ1) is 8.54. The lowest BCUT2D eigenvalue weighted by molar-refractivity contribution is -0.117. The minimum Gasteiger partial charge on any atom is -0.408 e. The molecule has 0 aromatic carbocycles. The number of amides is 1. The van der Waals surface area contributed by atoms with Gasteiger partial charge in [-0.1, -0.05) is 18.9 Å². The summed E-state index contributed by atoms with van der Waals surface area (Å²) in [7, 11) is 0. The molecule has 0 saturated carbocycles. The summed E-state index contributed by atoms with van der Waals surface area (Å²) in [6.45, 7) is 5.37. The molecule has 2 rings (SSSR count). The Kier molecular flexibility index (Phi) is 3.93. The van der Waals surface area contributed by atoms with Crippen LogP contribution < -0.4 is 5.32 Å². The Morgan fingerprint density at radius 1 is 1.61 bits per heavy atom. The van der Waals surface area contributed by atoms with E-state index in [1.165, 1.54) is 0 Å². The Balaban J connectivity index is 1.83. The molecule has 2 heterocycles. The number of aromatic nitrogens is 2. The van der Waals surface area contributed by atoms with Crippen LogP contribution in [-0.2, 0) is 4.79 Å². The molecule has 0 unspecified atom stereocenters.